The molecule has 0 saturated carbocycles. The van der Waals surface area contributed by atoms with E-state index < -0.39 is 35.5 Å². The molecule has 3 N–H and O–H groups in total. The van der Waals surface area contributed by atoms with Gasteiger partial charge in [-0.3, -0.25) is 9.59 Å². The molecule has 1 aromatic rings. The fourth-order valence-corrected chi connectivity index (χ4v) is 2.23. The summed E-state index contributed by atoms with van der Waals surface area (Å²) in [7, 11) is 0. The van der Waals surface area contributed by atoms with Gasteiger partial charge in [0.2, 0.25) is 11.8 Å². The first-order valence-electron chi connectivity index (χ1n) is 7.28. The number of nitrogens with two attached hydrogens (primary N) is 1. The van der Waals surface area contributed by atoms with Crippen molar-refractivity contribution in [1.29, 1.82) is 0 Å². The van der Waals surface area contributed by atoms with Gasteiger partial charge in [-0.25, -0.2) is 0 Å². The Hall–Kier alpha value is -2.05. The zero-order valence-corrected chi connectivity index (χ0v) is 13.3. The number of nitrogens with one attached hydrogen (secondary N) is 1. The number of hydrogen-bond donors (Lipinski definition) is 2. The summed E-state index contributed by atoms with van der Waals surface area (Å²) in [5.74, 6) is -1.78. The Morgan fingerprint density at radius 2 is 1.83 bits per heavy atom. The molecule has 1 aromatic carbocycles. The highest BCUT2D eigenvalue weighted by atomic mass is 19.4. The standard InChI is InChI=1S/C16H21F3N2O2/c1-9(2)14(21-15(23)10(3)7-13(20)22)11-5-4-6-12(8-11)16(17,18)19/h4-6,8-10,14H,7H2,1-3H3,(H2,20,22)(H,21,23)/t10-,14+/m1/s1. The minimum absolute atomic E-state index is 0.112. The Labute approximate surface area is 133 Å². The molecule has 0 radical (unpaired) electrons. The molecule has 2 amide bonds. The highest BCUT2D eigenvalue weighted by Crippen LogP contribution is 2.32. The maximum absolute atomic E-state index is 12.8. The molecule has 0 aromatic heterocycles. The second-order valence-corrected chi connectivity index (χ2v) is 5.92. The van der Waals surface area contributed by atoms with Gasteiger partial charge in [-0.2, -0.15) is 13.2 Å². The van der Waals surface area contributed by atoms with E-state index in [4.69, 9.17) is 5.73 Å². The van der Waals surface area contributed by atoms with Crippen molar-refractivity contribution in [2.45, 2.75) is 39.4 Å². The van der Waals surface area contributed by atoms with Gasteiger partial charge in [0, 0.05) is 12.3 Å². The first-order valence-corrected chi connectivity index (χ1v) is 7.28. The molecule has 128 valence electrons. The summed E-state index contributed by atoms with van der Waals surface area (Å²) < 4.78 is 38.5. The zero-order valence-electron chi connectivity index (χ0n) is 13.3. The van der Waals surface area contributed by atoms with Crippen LogP contribution in [0.15, 0.2) is 24.3 Å². The Morgan fingerprint density at radius 3 is 2.30 bits per heavy atom. The number of carbonyl (C=O) groups is 2. The second kappa shape index (κ2) is 7.48. The predicted molar refractivity (Wildman–Crippen MR) is 80.1 cm³/mol. The van der Waals surface area contributed by atoms with E-state index in [0.29, 0.717) is 5.56 Å². The Morgan fingerprint density at radius 1 is 1.22 bits per heavy atom. The van der Waals surface area contributed by atoms with Crippen molar-refractivity contribution < 1.29 is 22.8 Å². The van der Waals surface area contributed by atoms with Gasteiger partial charge in [0.05, 0.1) is 11.6 Å². The summed E-state index contributed by atoms with van der Waals surface area (Å²) in [6.45, 7) is 5.14. The number of benzene rings is 1. The van der Waals surface area contributed by atoms with Gasteiger partial charge >= 0.3 is 6.18 Å². The maximum Gasteiger partial charge on any atom is 0.416 e. The van der Waals surface area contributed by atoms with Gasteiger partial charge in [0.25, 0.3) is 0 Å². The number of primary amides is 1. The molecular formula is C16H21F3N2O2. The van der Waals surface area contributed by atoms with Crippen LogP contribution in [-0.2, 0) is 15.8 Å². The monoisotopic (exact) mass is 330 g/mol. The molecule has 0 aliphatic heterocycles. The number of amides is 2. The van der Waals surface area contributed by atoms with Crippen LogP contribution >= 0.6 is 0 Å². The number of halogens is 3. The van der Waals surface area contributed by atoms with Crippen molar-refractivity contribution in [2.75, 3.05) is 0 Å². The van der Waals surface area contributed by atoms with Crippen LogP contribution < -0.4 is 11.1 Å². The van der Waals surface area contributed by atoms with Crippen LogP contribution in [-0.4, -0.2) is 11.8 Å². The molecule has 0 saturated heterocycles. The Balaban J connectivity index is 3.00. The molecule has 0 spiro atoms. The van der Waals surface area contributed by atoms with Crippen molar-refractivity contribution in [3.63, 3.8) is 0 Å². The van der Waals surface area contributed by atoms with Crippen LogP contribution in [0.2, 0.25) is 0 Å². The first kappa shape index (κ1) is 19.0. The molecule has 2 atom stereocenters. The van der Waals surface area contributed by atoms with E-state index >= 15 is 0 Å². The highest BCUT2D eigenvalue weighted by molar-refractivity contribution is 5.85. The van der Waals surface area contributed by atoms with Gasteiger partial charge in [0.1, 0.15) is 0 Å². The molecule has 4 nitrogen and oxygen atoms in total. The number of carbonyl (C=O) groups excluding carboxylic acids is 2. The molecule has 0 unspecified atom stereocenters. The van der Waals surface area contributed by atoms with Gasteiger partial charge in [-0.15, -0.1) is 0 Å². The topological polar surface area (TPSA) is 72.2 Å². The SMILES string of the molecule is CC(C)[C@H](NC(=O)[C@H](C)CC(N)=O)c1cccc(C(F)(F)F)c1. The summed E-state index contributed by atoms with van der Waals surface area (Å²) in [4.78, 5) is 23.0. The quantitative estimate of drug-likeness (QED) is 0.841. The number of rotatable bonds is 6. The largest absolute Gasteiger partial charge is 0.416 e. The van der Waals surface area contributed by atoms with E-state index in [2.05, 4.69) is 5.32 Å². The van der Waals surface area contributed by atoms with Crippen molar-refractivity contribution in [3.05, 3.63) is 35.4 Å². The van der Waals surface area contributed by atoms with E-state index in [1.54, 1.807) is 26.8 Å². The summed E-state index contributed by atoms with van der Waals surface area (Å²) in [5, 5.41) is 2.70. The van der Waals surface area contributed by atoms with Gasteiger partial charge < -0.3 is 11.1 Å². The number of alkyl halides is 3. The van der Waals surface area contributed by atoms with Crippen LogP contribution in [0.1, 0.15) is 44.4 Å². The molecule has 23 heavy (non-hydrogen) atoms. The molecule has 0 aliphatic rings. The van der Waals surface area contributed by atoms with Gasteiger partial charge in [-0.05, 0) is 23.6 Å². The predicted octanol–water partition coefficient (Wildman–Crippen LogP) is 3.03. The van der Waals surface area contributed by atoms with E-state index in [1.165, 1.54) is 6.07 Å². The van der Waals surface area contributed by atoms with E-state index in [9.17, 15) is 22.8 Å². The Kier molecular flexibility index (Phi) is 6.18. The van der Waals surface area contributed by atoms with Crippen molar-refractivity contribution in [2.24, 2.45) is 17.6 Å². The Bertz CT molecular complexity index is 571. The van der Waals surface area contributed by atoms with Gasteiger partial charge in [0.15, 0.2) is 0 Å². The first-order chi connectivity index (χ1) is 10.5. The maximum atomic E-state index is 12.8. The molecule has 0 fully saturated rings. The van der Waals surface area contributed by atoms with Gasteiger partial charge in [-0.1, -0.05) is 32.9 Å². The normalized spacial score (nSPS) is 14.4. The molecule has 7 heteroatoms. The lowest BCUT2D eigenvalue weighted by Crippen LogP contribution is -2.36. The summed E-state index contributed by atoms with van der Waals surface area (Å²) >= 11 is 0. The van der Waals surface area contributed by atoms with Crippen LogP contribution in [0, 0.1) is 11.8 Å². The van der Waals surface area contributed by atoms with Crippen molar-refractivity contribution >= 4 is 11.8 Å². The lowest BCUT2D eigenvalue weighted by atomic mass is 9.93. The summed E-state index contributed by atoms with van der Waals surface area (Å²) in [5.41, 5.74) is 4.66. The highest BCUT2D eigenvalue weighted by Gasteiger charge is 2.31. The van der Waals surface area contributed by atoms with Crippen LogP contribution in [0.5, 0.6) is 0 Å². The van der Waals surface area contributed by atoms with Crippen molar-refractivity contribution in [1.82, 2.24) is 5.32 Å². The number of hydrogen-bond acceptors (Lipinski definition) is 2. The third kappa shape index (κ3) is 5.58. The van der Waals surface area contributed by atoms with Crippen LogP contribution in [0.3, 0.4) is 0 Å². The van der Waals surface area contributed by atoms with E-state index in [-0.39, 0.29) is 12.3 Å². The third-order valence-electron chi connectivity index (χ3n) is 3.49. The van der Waals surface area contributed by atoms with Crippen LogP contribution in [0.4, 0.5) is 13.2 Å². The molecule has 0 heterocycles. The lowest BCUT2D eigenvalue weighted by Gasteiger charge is -2.25. The van der Waals surface area contributed by atoms with E-state index in [1.807, 2.05) is 0 Å². The van der Waals surface area contributed by atoms with Crippen molar-refractivity contribution in [3.8, 4) is 0 Å². The minimum atomic E-state index is -4.44. The van der Waals surface area contributed by atoms with Crippen LogP contribution in [0.25, 0.3) is 0 Å². The third-order valence-corrected chi connectivity index (χ3v) is 3.49. The molecular weight excluding hydrogens is 309 g/mol. The molecule has 1 rings (SSSR count). The smallest absolute Gasteiger partial charge is 0.370 e. The molecule has 0 aliphatic carbocycles. The average molecular weight is 330 g/mol. The fourth-order valence-electron chi connectivity index (χ4n) is 2.23. The second-order valence-electron chi connectivity index (χ2n) is 5.92. The van der Waals surface area contributed by atoms with E-state index in [0.717, 1.165) is 12.1 Å². The minimum Gasteiger partial charge on any atom is -0.370 e. The lowest BCUT2D eigenvalue weighted by molar-refractivity contribution is -0.137. The summed E-state index contributed by atoms with van der Waals surface area (Å²) in [6, 6.07) is 4.29. The summed E-state index contributed by atoms with van der Waals surface area (Å²) in [6.07, 6.45) is -4.56. The molecule has 0 bridgehead atoms. The zero-order chi connectivity index (χ0) is 17.8. The fraction of sp³-hybridized carbons (Fsp3) is 0.500. The average Bonchev–Trinajstić information content (AvgIpc) is 2.42.